The van der Waals surface area contributed by atoms with Gasteiger partial charge in [-0.15, -0.1) is 0 Å². The van der Waals surface area contributed by atoms with E-state index in [1.165, 1.54) is 0 Å². The Kier molecular flexibility index (Phi) is 5.10. The molecule has 1 aliphatic rings. The topological polar surface area (TPSA) is 86.4 Å². The molecule has 1 unspecified atom stereocenters. The summed E-state index contributed by atoms with van der Waals surface area (Å²) in [7, 11) is 1.81. The van der Waals surface area contributed by atoms with Crippen molar-refractivity contribution in [2.24, 2.45) is 5.92 Å². The van der Waals surface area contributed by atoms with Crippen LogP contribution in [0.2, 0.25) is 0 Å². The van der Waals surface area contributed by atoms with Crippen LogP contribution >= 0.6 is 0 Å². The molecular weight excluding hydrogens is 270 g/mol. The molecule has 0 spiro atoms. The maximum Gasteiger partial charge on any atom is 0.239 e. The van der Waals surface area contributed by atoms with E-state index < -0.39 is 0 Å². The zero-order valence-electron chi connectivity index (χ0n) is 12.3. The lowest BCUT2D eigenvalue weighted by Crippen LogP contribution is -2.48. The molecule has 1 aromatic rings. The largest absolute Gasteiger partial charge is 0.353 e. The average molecular weight is 291 g/mol. The number of aromatic nitrogens is 1. The fraction of sp³-hybridized carbons (Fsp3) is 0.500. The standard InChI is InChI=1S/C14H21N5O2/c1-10(7-15-2)14(21)18-11-3-4-12(17-8-11)19-6-5-16-13(20)9-19/h3-4,8,10,15H,5-7,9H2,1-2H3,(H,16,20)(H,18,21). The summed E-state index contributed by atoms with van der Waals surface area (Å²) in [5.74, 6) is 0.587. The number of carbonyl (C=O) groups is 2. The smallest absolute Gasteiger partial charge is 0.239 e. The minimum atomic E-state index is -0.111. The van der Waals surface area contributed by atoms with Gasteiger partial charge in [0.15, 0.2) is 0 Å². The molecule has 0 aromatic carbocycles. The number of rotatable bonds is 5. The zero-order valence-corrected chi connectivity index (χ0v) is 12.3. The number of nitrogens with one attached hydrogen (secondary N) is 3. The van der Waals surface area contributed by atoms with Gasteiger partial charge < -0.3 is 20.9 Å². The van der Waals surface area contributed by atoms with E-state index in [0.29, 0.717) is 25.3 Å². The Labute approximate surface area is 124 Å². The molecule has 21 heavy (non-hydrogen) atoms. The van der Waals surface area contributed by atoms with Gasteiger partial charge in [-0.1, -0.05) is 6.92 Å². The number of carbonyl (C=O) groups excluding carboxylic acids is 2. The Morgan fingerprint density at radius 3 is 2.95 bits per heavy atom. The predicted octanol–water partition coefficient (Wildman–Crippen LogP) is -0.188. The molecule has 1 aromatic heterocycles. The van der Waals surface area contributed by atoms with E-state index in [4.69, 9.17) is 0 Å². The first-order valence-corrected chi connectivity index (χ1v) is 7.03. The molecule has 0 aliphatic carbocycles. The van der Waals surface area contributed by atoms with Crippen molar-refractivity contribution < 1.29 is 9.59 Å². The van der Waals surface area contributed by atoms with Gasteiger partial charge in [-0.3, -0.25) is 9.59 Å². The first kappa shape index (κ1) is 15.2. The van der Waals surface area contributed by atoms with Crippen molar-refractivity contribution in [3.63, 3.8) is 0 Å². The average Bonchev–Trinajstić information content (AvgIpc) is 2.48. The number of hydrogen-bond acceptors (Lipinski definition) is 5. The highest BCUT2D eigenvalue weighted by atomic mass is 16.2. The van der Waals surface area contributed by atoms with Gasteiger partial charge in [0.1, 0.15) is 5.82 Å². The van der Waals surface area contributed by atoms with Crippen molar-refractivity contribution in [3.8, 4) is 0 Å². The van der Waals surface area contributed by atoms with Crippen LogP contribution in [0.15, 0.2) is 18.3 Å². The molecule has 7 nitrogen and oxygen atoms in total. The number of pyridine rings is 1. The van der Waals surface area contributed by atoms with Gasteiger partial charge in [-0.05, 0) is 19.2 Å². The highest BCUT2D eigenvalue weighted by Crippen LogP contribution is 2.15. The molecule has 0 radical (unpaired) electrons. The van der Waals surface area contributed by atoms with Crippen molar-refractivity contribution in [3.05, 3.63) is 18.3 Å². The molecular formula is C14H21N5O2. The van der Waals surface area contributed by atoms with Crippen LogP contribution in [-0.4, -0.2) is 50.0 Å². The Morgan fingerprint density at radius 2 is 2.33 bits per heavy atom. The summed E-state index contributed by atoms with van der Waals surface area (Å²) in [4.78, 5) is 29.5. The van der Waals surface area contributed by atoms with Crippen LogP contribution in [0.3, 0.4) is 0 Å². The van der Waals surface area contributed by atoms with E-state index in [1.54, 1.807) is 12.3 Å². The highest BCUT2D eigenvalue weighted by molar-refractivity contribution is 5.92. The van der Waals surface area contributed by atoms with Crippen LogP contribution in [0.1, 0.15) is 6.92 Å². The van der Waals surface area contributed by atoms with E-state index in [0.717, 1.165) is 12.4 Å². The van der Waals surface area contributed by atoms with Crippen LogP contribution in [0.5, 0.6) is 0 Å². The second kappa shape index (κ2) is 7.03. The maximum absolute atomic E-state index is 11.9. The van der Waals surface area contributed by atoms with E-state index in [1.807, 2.05) is 24.9 Å². The summed E-state index contributed by atoms with van der Waals surface area (Å²) < 4.78 is 0. The summed E-state index contributed by atoms with van der Waals surface area (Å²) >= 11 is 0. The van der Waals surface area contributed by atoms with E-state index in [-0.39, 0.29) is 17.7 Å². The second-order valence-electron chi connectivity index (χ2n) is 5.12. The molecule has 1 atom stereocenters. The van der Waals surface area contributed by atoms with Crippen molar-refractivity contribution >= 4 is 23.3 Å². The minimum absolute atomic E-state index is 0.00122. The molecule has 2 heterocycles. The summed E-state index contributed by atoms with van der Waals surface area (Å²) in [6, 6.07) is 3.62. The molecule has 114 valence electrons. The van der Waals surface area contributed by atoms with Gasteiger partial charge in [0.2, 0.25) is 11.8 Å². The highest BCUT2D eigenvalue weighted by Gasteiger charge is 2.17. The van der Waals surface area contributed by atoms with Gasteiger partial charge >= 0.3 is 0 Å². The van der Waals surface area contributed by atoms with Gasteiger partial charge in [-0.25, -0.2) is 4.98 Å². The van der Waals surface area contributed by atoms with Crippen LogP contribution in [0, 0.1) is 5.92 Å². The fourth-order valence-corrected chi connectivity index (χ4v) is 2.15. The van der Waals surface area contributed by atoms with Crippen LogP contribution < -0.4 is 20.9 Å². The third kappa shape index (κ3) is 4.16. The molecule has 3 N–H and O–H groups in total. The van der Waals surface area contributed by atoms with E-state index in [2.05, 4.69) is 20.9 Å². The van der Waals surface area contributed by atoms with Crippen molar-refractivity contribution in [2.45, 2.75) is 6.92 Å². The third-order valence-electron chi connectivity index (χ3n) is 3.34. The van der Waals surface area contributed by atoms with Gasteiger partial charge in [-0.2, -0.15) is 0 Å². The summed E-state index contributed by atoms with van der Waals surface area (Å²) in [6.45, 7) is 4.17. The third-order valence-corrected chi connectivity index (χ3v) is 3.34. The first-order valence-electron chi connectivity index (χ1n) is 7.03. The van der Waals surface area contributed by atoms with E-state index >= 15 is 0 Å². The lowest BCUT2D eigenvalue weighted by molar-refractivity contribution is -0.120. The van der Waals surface area contributed by atoms with Gasteiger partial charge in [0.25, 0.3) is 0 Å². The van der Waals surface area contributed by atoms with Gasteiger partial charge in [0.05, 0.1) is 18.4 Å². The monoisotopic (exact) mass is 291 g/mol. The maximum atomic E-state index is 11.9. The second-order valence-corrected chi connectivity index (χ2v) is 5.12. The zero-order chi connectivity index (χ0) is 15.2. The fourth-order valence-electron chi connectivity index (χ4n) is 2.15. The Morgan fingerprint density at radius 1 is 1.52 bits per heavy atom. The lowest BCUT2D eigenvalue weighted by atomic mass is 10.1. The van der Waals surface area contributed by atoms with Crippen LogP contribution in [0.25, 0.3) is 0 Å². The van der Waals surface area contributed by atoms with Crippen molar-refractivity contribution in [1.82, 2.24) is 15.6 Å². The number of piperazine rings is 1. The SMILES string of the molecule is CNCC(C)C(=O)Nc1ccc(N2CCNC(=O)C2)nc1. The summed E-state index contributed by atoms with van der Waals surface area (Å²) in [5, 5.41) is 8.57. The normalized spacial score (nSPS) is 16.3. The molecule has 1 fully saturated rings. The molecule has 1 aliphatic heterocycles. The Balaban J connectivity index is 1.95. The quantitative estimate of drug-likeness (QED) is 0.700. The number of nitrogens with zero attached hydrogens (tertiary/aromatic N) is 2. The van der Waals surface area contributed by atoms with Crippen molar-refractivity contribution in [1.29, 1.82) is 0 Å². The Bertz CT molecular complexity index is 503. The Hall–Kier alpha value is -2.15. The van der Waals surface area contributed by atoms with Crippen molar-refractivity contribution in [2.75, 3.05) is 43.4 Å². The number of anilines is 2. The predicted molar refractivity (Wildman–Crippen MR) is 81.2 cm³/mol. The molecule has 1 saturated heterocycles. The summed E-state index contributed by atoms with van der Waals surface area (Å²) in [5.41, 5.74) is 0.660. The molecule has 2 rings (SSSR count). The minimum Gasteiger partial charge on any atom is -0.353 e. The van der Waals surface area contributed by atoms with Crippen LogP contribution in [0.4, 0.5) is 11.5 Å². The molecule has 2 amide bonds. The number of amides is 2. The van der Waals surface area contributed by atoms with Crippen LogP contribution in [-0.2, 0) is 9.59 Å². The lowest BCUT2D eigenvalue weighted by Gasteiger charge is -2.27. The molecule has 7 heteroatoms. The molecule has 0 bridgehead atoms. The van der Waals surface area contributed by atoms with Gasteiger partial charge in [0, 0.05) is 25.6 Å². The number of hydrogen-bond donors (Lipinski definition) is 3. The first-order chi connectivity index (χ1) is 10.1. The van der Waals surface area contributed by atoms with E-state index in [9.17, 15) is 9.59 Å². The molecule has 0 saturated carbocycles. The summed E-state index contributed by atoms with van der Waals surface area (Å²) in [6.07, 6.45) is 1.62.